The number of aromatic amines is 1. The van der Waals surface area contributed by atoms with Gasteiger partial charge in [0.2, 0.25) is 5.88 Å². The van der Waals surface area contributed by atoms with E-state index in [1.807, 2.05) is 0 Å². The van der Waals surface area contributed by atoms with E-state index < -0.39 is 55.6 Å². The molecule has 2 aromatic carbocycles. The van der Waals surface area contributed by atoms with Gasteiger partial charge in [0.15, 0.2) is 15.7 Å². The van der Waals surface area contributed by atoms with Gasteiger partial charge in [-0.2, -0.15) is 5.10 Å². The summed E-state index contributed by atoms with van der Waals surface area (Å²) in [6.07, 6.45) is 1.64. The first-order valence-electron chi connectivity index (χ1n) is 10.9. The van der Waals surface area contributed by atoms with E-state index in [9.17, 15) is 17.6 Å². The molecule has 0 aliphatic heterocycles. The third-order valence-corrected chi connectivity index (χ3v) is 7.23. The van der Waals surface area contributed by atoms with Crippen LogP contribution in [0.15, 0.2) is 47.5 Å². The number of rotatable bonds is 9. The van der Waals surface area contributed by atoms with Crippen LogP contribution in [0.25, 0.3) is 22.0 Å². The van der Waals surface area contributed by atoms with Crippen molar-refractivity contribution >= 4 is 26.6 Å². The van der Waals surface area contributed by atoms with Gasteiger partial charge in [-0.25, -0.2) is 26.6 Å². The van der Waals surface area contributed by atoms with Gasteiger partial charge < -0.3 is 15.2 Å². The number of aromatic nitrogens is 3. The molecule has 0 radical (unpaired) electrons. The van der Waals surface area contributed by atoms with E-state index in [1.165, 1.54) is 31.5 Å². The highest BCUT2D eigenvalue weighted by Gasteiger charge is 2.27. The molecule has 0 bridgehead atoms. The number of pyridine rings is 1. The van der Waals surface area contributed by atoms with Crippen molar-refractivity contribution < 1.29 is 36.2 Å². The largest absolute Gasteiger partial charge is 0.480 e. The van der Waals surface area contributed by atoms with Crippen LogP contribution in [-0.4, -0.2) is 54.9 Å². The molecular formula is C24H21F3N4O5S. The maximum atomic E-state index is 15.5. The highest BCUT2D eigenvalue weighted by molar-refractivity contribution is 7.90. The summed E-state index contributed by atoms with van der Waals surface area (Å²) in [5.74, 6) is -5.13. The number of sulfone groups is 1. The Balaban J connectivity index is 1.74. The monoisotopic (exact) mass is 534 g/mol. The number of nitrogens with one attached hydrogen (secondary N) is 2. The van der Waals surface area contributed by atoms with Gasteiger partial charge in [0, 0.05) is 35.9 Å². The molecular weight excluding hydrogens is 513 g/mol. The lowest BCUT2D eigenvalue weighted by Crippen LogP contribution is -2.25. The Morgan fingerprint density at radius 2 is 1.92 bits per heavy atom. The molecule has 0 atom stereocenters. The summed E-state index contributed by atoms with van der Waals surface area (Å²) in [6, 6.07) is 6.79. The smallest absolute Gasteiger partial charge is 0.269 e. The lowest BCUT2D eigenvalue weighted by molar-refractivity contribution is 0.0947. The SMILES string of the molecule is COc1ncccc1S(=O)(=O)Cc1ccc(F)c(-c2ccc3c(C(=O)NCCCO)[nH]nc3c2F)c1F. The Bertz CT molecular complexity index is 1590. The maximum absolute atomic E-state index is 15.5. The Morgan fingerprint density at radius 3 is 2.65 bits per heavy atom. The van der Waals surface area contributed by atoms with Crippen LogP contribution in [-0.2, 0) is 15.6 Å². The van der Waals surface area contributed by atoms with Crippen molar-refractivity contribution in [2.24, 2.45) is 0 Å². The van der Waals surface area contributed by atoms with E-state index in [2.05, 4.69) is 20.5 Å². The molecule has 2 aromatic heterocycles. The second kappa shape index (κ2) is 10.6. The molecule has 194 valence electrons. The number of aliphatic hydroxyl groups is 1. The second-order valence-corrected chi connectivity index (χ2v) is 9.88. The van der Waals surface area contributed by atoms with Gasteiger partial charge in [-0.3, -0.25) is 9.89 Å². The van der Waals surface area contributed by atoms with Crippen LogP contribution in [0.3, 0.4) is 0 Å². The fraction of sp³-hybridized carbons (Fsp3) is 0.208. The van der Waals surface area contributed by atoms with Crippen molar-refractivity contribution in [1.82, 2.24) is 20.5 Å². The molecule has 37 heavy (non-hydrogen) atoms. The molecule has 0 unspecified atom stereocenters. The van der Waals surface area contributed by atoms with Crippen molar-refractivity contribution in [2.45, 2.75) is 17.1 Å². The van der Waals surface area contributed by atoms with Crippen molar-refractivity contribution in [3.05, 3.63) is 71.3 Å². The summed E-state index contributed by atoms with van der Waals surface area (Å²) >= 11 is 0. The first-order valence-corrected chi connectivity index (χ1v) is 12.6. The van der Waals surface area contributed by atoms with Gasteiger partial charge in [0.25, 0.3) is 5.91 Å². The predicted octanol–water partition coefficient (Wildman–Crippen LogP) is 3.14. The summed E-state index contributed by atoms with van der Waals surface area (Å²) in [6.45, 7) is 0.0444. The first-order chi connectivity index (χ1) is 17.7. The van der Waals surface area contributed by atoms with Crippen LogP contribution >= 0.6 is 0 Å². The third kappa shape index (κ3) is 5.00. The number of halogens is 3. The zero-order chi connectivity index (χ0) is 26.7. The minimum atomic E-state index is -4.17. The molecule has 0 fully saturated rings. The maximum Gasteiger partial charge on any atom is 0.269 e. The van der Waals surface area contributed by atoms with Crippen LogP contribution < -0.4 is 10.1 Å². The first kappa shape index (κ1) is 26.1. The number of H-pyrrole nitrogens is 1. The van der Waals surface area contributed by atoms with Gasteiger partial charge in [-0.15, -0.1) is 0 Å². The number of amides is 1. The predicted molar refractivity (Wildman–Crippen MR) is 127 cm³/mol. The Labute approximate surface area is 209 Å². The van der Waals surface area contributed by atoms with Gasteiger partial charge in [-0.05, 0) is 30.7 Å². The van der Waals surface area contributed by atoms with Crippen molar-refractivity contribution in [3.63, 3.8) is 0 Å². The molecule has 4 aromatic rings. The summed E-state index contributed by atoms with van der Waals surface area (Å²) in [7, 11) is -2.94. The molecule has 0 saturated heterocycles. The number of carbonyl (C=O) groups is 1. The number of fused-ring (bicyclic) bond motifs is 1. The van der Waals surface area contributed by atoms with E-state index in [-0.39, 0.29) is 40.5 Å². The number of hydrogen-bond donors (Lipinski definition) is 3. The minimum absolute atomic E-state index is 0.0652. The minimum Gasteiger partial charge on any atom is -0.480 e. The van der Waals surface area contributed by atoms with Gasteiger partial charge in [0.1, 0.15) is 27.7 Å². The van der Waals surface area contributed by atoms with Crippen LogP contribution in [0.4, 0.5) is 13.2 Å². The van der Waals surface area contributed by atoms with Crippen LogP contribution in [0.2, 0.25) is 0 Å². The van der Waals surface area contributed by atoms with Crippen molar-refractivity contribution in [3.8, 4) is 17.0 Å². The number of ether oxygens (including phenoxy) is 1. The standard InChI is InChI=1S/C24H21F3N4O5S/c1-36-24-17(4-2-9-29-24)37(34,35)12-13-5-8-16(25)18(19(13)26)14-6-7-15-21(20(14)27)30-31-22(15)23(33)28-10-3-11-32/h2,4-9,32H,3,10-12H2,1H3,(H,28,33)(H,30,31). The fourth-order valence-corrected chi connectivity index (χ4v) is 5.26. The zero-order valence-corrected chi connectivity index (χ0v) is 20.2. The lowest BCUT2D eigenvalue weighted by atomic mass is 9.99. The average Bonchev–Trinajstić information content (AvgIpc) is 3.32. The summed E-state index contributed by atoms with van der Waals surface area (Å²) in [5.41, 5.74) is -2.07. The van der Waals surface area contributed by atoms with E-state index >= 15 is 8.78 Å². The normalized spacial score (nSPS) is 11.6. The fourth-order valence-electron chi connectivity index (χ4n) is 3.79. The highest BCUT2D eigenvalue weighted by atomic mass is 32.2. The van der Waals surface area contributed by atoms with Gasteiger partial charge >= 0.3 is 0 Å². The quantitative estimate of drug-likeness (QED) is 0.281. The second-order valence-electron chi connectivity index (χ2n) is 7.92. The number of carbonyl (C=O) groups excluding carboxylic acids is 1. The van der Waals surface area contributed by atoms with E-state index in [4.69, 9.17) is 9.84 Å². The van der Waals surface area contributed by atoms with Crippen molar-refractivity contribution in [1.29, 1.82) is 0 Å². The topological polar surface area (TPSA) is 134 Å². The zero-order valence-electron chi connectivity index (χ0n) is 19.4. The number of nitrogens with zero attached hydrogens (tertiary/aromatic N) is 2. The van der Waals surface area contributed by atoms with Crippen molar-refractivity contribution in [2.75, 3.05) is 20.3 Å². The molecule has 0 aliphatic carbocycles. The summed E-state index contributed by atoms with van der Waals surface area (Å²) in [5, 5.41) is 17.6. The molecule has 4 rings (SSSR count). The average molecular weight is 535 g/mol. The molecule has 0 aliphatic rings. The number of aliphatic hydroxyl groups excluding tert-OH is 1. The van der Waals surface area contributed by atoms with Gasteiger partial charge in [0.05, 0.1) is 18.4 Å². The Hall–Kier alpha value is -3.97. The van der Waals surface area contributed by atoms with E-state index in [0.29, 0.717) is 6.42 Å². The van der Waals surface area contributed by atoms with E-state index in [1.54, 1.807) is 0 Å². The lowest BCUT2D eigenvalue weighted by Gasteiger charge is -2.13. The van der Waals surface area contributed by atoms with Crippen LogP contribution in [0.5, 0.6) is 5.88 Å². The van der Waals surface area contributed by atoms with Gasteiger partial charge in [-0.1, -0.05) is 12.1 Å². The van der Waals surface area contributed by atoms with Crippen LogP contribution in [0, 0.1) is 17.5 Å². The summed E-state index contributed by atoms with van der Waals surface area (Å²) in [4.78, 5) is 15.9. The Kier molecular flexibility index (Phi) is 7.45. The molecule has 0 saturated carbocycles. The molecule has 0 spiro atoms. The Morgan fingerprint density at radius 1 is 1.14 bits per heavy atom. The van der Waals surface area contributed by atoms with Crippen LogP contribution in [0.1, 0.15) is 22.5 Å². The molecule has 13 heteroatoms. The number of methoxy groups -OCH3 is 1. The summed E-state index contributed by atoms with van der Waals surface area (Å²) < 4.78 is 76.6. The molecule has 1 amide bonds. The third-order valence-electron chi connectivity index (χ3n) is 5.56. The molecule has 3 N–H and O–H groups in total. The highest BCUT2D eigenvalue weighted by Crippen LogP contribution is 2.35. The molecule has 9 nitrogen and oxygen atoms in total. The number of benzene rings is 2. The number of hydrogen-bond acceptors (Lipinski definition) is 7. The molecule has 2 heterocycles. The van der Waals surface area contributed by atoms with E-state index in [0.717, 1.165) is 18.2 Å².